The van der Waals surface area contributed by atoms with E-state index in [4.69, 9.17) is 12.2 Å². The van der Waals surface area contributed by atoms with E-state index in [9.17, 15) is 18.0 Å². The second-order valence-corrected chi connectivity index (χ2v) is 7.35. The molecule has 10 heteroatoms. The van der Waals surface area contributed by atoms with Gasteiger partial charge in [-0.3, -0.25) is 19.0 Å². The number of benzene rings is 1. The number of pyridine rings is 1. The van der Waals surface area contributed by atoms with Crippen LogP contribution in [0, 0.1) is 18.6 Å². The van der Waals surface area contributed by atoms with Gasteiger partial charge in [0.05, 0.1) is 28.5 Å². The average Bonchev–Trinajstić information content (AvgIpc) is 3.09. The molecule has 0 aliphatic heterocycles. The zero-order valence-electron chi connectivity index (χ0n) is 16.2. The molecule has 0 amide bonds. The van der Waals surface area contributed by atoms with E-state index in [0.717, 1.165) is 17.2 Å². The second kappa shape index (κ2) is 6.91. The van der Waals surface area contributed by atoms with Crippen LogP contribution in [0.2, 0.25) is 0 Å². The van der Waals surface area contributed by atoms with Crippen molar-refractivity contribution in [3.05, 3.63) is 68.5 Å². The lowest BCUT2D eigenvalue weighted by Crippen LogP contribution is -2.20. The molecule has 4 aromatic rings. The summed E-state index contributed by atoms with van der Waals surface area (Å²) in [4.78, 5) is 19.4. The highest BCUT2D eigenvalue weighted by Crippen LogP contribution is 2.36. The molecule has 0 atom stereocenters. The molecule has 30 heavy (non-hydrogen) atoms. The van der Waals surface area contributed by atoms with Gasteiger partial charge in [0.1, 0.15) is 0 Å². The summed E-state index contributed by atoms with van der Waals surface area (Å²) in [6.45, 7) is 3.71. The molecule has 3 aromatic heterocycles. The minimum absolute atomic E-state index is 0.0369. The van der Waals surface area contributed by atoms with Crippen LogP contribution in [-0.2, 0) is 13.2 Å². The molecule has 0 spiro atoms. The largest absolute Gasteiger partial charge is 0.417 e. The van der Waals surface area contributed by atoms with E-state index in [0.29, 0.717) is 11.3 Å². The number of nitrogens with one attached hydrogen (secondary N) is 1. The number of nitrogens with zero attached hydrogens (tertiary/aromatic N) is 4. The van der Waals surface area contributed by atoms with Crippen molar-refractivity contribution >= 4 is 23.3 Å². The number of hydrogen-bond donors (Lipinski definition) is 1. The smallest absolute Gasteiger partial charge is 0.298 e. The van der Waals surface area contributed by atoms with Crippen molar-refractivity contribution in [3.63, 3.8) is 0 Å². The summed E-state index contributed by atoms with van der Waals surface area (Å²) in [6.07, 6.45) is -1.80. The van der Waals surface area contributed by atoms with Crippen LogP contribution in [0.3, 0.4) is 0 Å². The van der Waals surface area contributed by atoms with Gasteiger partial charge in [-0.1, -0.05) is 12.1 Å². The molecule has 0 saturated carbocycles. The van der Waals surface area contributed by atoms with Crippen LogP contribution in [0.25, 0.3) is 28.0 Å². The van der Waals surface area contributed by atoms with E-state index in [1.165, 1.54) is 15.4 Å². The molecule has 154 valence electrons. The SMILES string of the molecule is Cc1cccc(-n2c(=S)[nH]c(=O)c3c(C(F)(F)F)cc(-c4cnn(C)c4)nc32)c1C. The van der Waals surface area contributed by atoms with Crippen molar-refractivity contribution in [2.75, 3.05) is 0 Å². The molecule has 0 radical (unpaired) electrons. The fraction of sp³-hybridized carbons (Fsp3) is 0.200. The zero-order chi connectivity index (χ0) is 21.8. The highest BCUT2D eigenvalue weighted by atomic mass is 32.1. The van der Waals surface area contributed by atoms with Crippen molar-refractivity contribution in [1.82, 2.24) is 24.3 Å². The second-order valence-electron chi connectivity index (χ2n) is 6.97. The van der Waals surface area contributed by atoms with Crippen LogP contribution in [0.4, 0.5) is 13.2 Å². The monoisotopic (exact) mass is 431 g/mol. The first-order chi connectivity index (χ1) is 14.1. The Balaban J connectivity index is 2.22. The van der Waals surface area contributed by atoms with Gasteiger partial charge in [0.15, 0.2) is 10.4 Å². The van der Waals surface area contributed by atoms with Crippen LogP contribution >= 0.6 is 12.2 Å². The third-order valence-corrected chi connectivity index (χ3v) is 5.27. The number of aryl methyl sites for hydroxylation is 2. The normalized spacial score (nSPS) is 11.9. The molecular formula is C20H16F3N5OS. The summed E-state index contributed by atoms with van der Waals surface area (Å²) >= 11 is 5.32. The molecular weight excluding hydrogens is 415 g/mol. The standard InChI is InChI=1S/C20H16F3N5OS/c1-10-5-4-6-15(11(10)2)28-17-16(18(29)26-19(28)30)13(20(21,22)23)7-14(25-17)12-8-24-27(3)9-12/h4-9H,1-3H3,(H,26,29,30). The summed E-state index contributed by atoms with van der Waals surface area (Å²) in [5, 5.41) is 3.44. The van der Waals surface area contributed by atoms with Crippen LogP contribution in [0.15, 0.2) is 41.5 Å². The first kappa shape index (κ1) is 20.0. The summed E-state index contributed by atoms with van der Waals surface area (Å²) < 4.78 is 44.6. The third kappa shape index (κ3) is 3.22. The van der Waals surface area contributed by atoms with Gasteiger partial charge in [-0.2, -0.15) is 18.3 Å². The number of halogens is 3. The summed E-state index contributed by atoms with van der Waals surface area (Å²) in [7, 11) is 1.65. The Bertz CT molecular complexity index is 1410. The highest BCUT2D eigenvalue weighted by Gasteiger charge is 2.36. The number of fused-ring (bicyclic) bond motifs is 1. The molecule has 6 nitrogen and oxygen atoms in total. The lowest BCUT2D eigenvalue weighted by molar-refractivity contribution is -0.136. The Labute approximate surface area is 173 Å². The molecule has 0 aliphatic carbocycles. The van der Waals surface area contributed by atoms with Gasteiger partial charge in [-0.25, -0.2) is 4.98 Å². The molecule has 4 rings (SSSR count). The molecule has 0 unspecified atom stereocenters. The van der Waals surface area contributed by atoms with E-state index in [-0.39, 0.29) is 16.1 Å². The van der Waals surface area contributed by atoms with Crippen LogP contribution in [-0.4, -0.2) is 24.3 Å². The van der Waals surface area contributed by atoms with E-state index >= 15 is 0 Å². The maximum Gasteiger partial charge on any atom is 0.417 e. The van der Waals surface area contributed by atoms with Crippen LogP contribution < -0.4 is 5.56 Å². The number of hydrogen-bond acceptors (Lipinski definition) is 4. The quantitative estimate of drug-likeness (QED) is 0.475. The van der Waals surface area contributed by atoms with Gasteiger partial charge >= 0.3 is 6.18 Å². The third-order valence-electron chi connectivity index (χ3n) is 4.99. The molecule has 3 heterocycles. The van der Waals surface area contributed by atoms with Gasteiger partial charge in [-0.15, -0.1) is 0 Å². The highest BCUT2D eigenvalue weighted by molar-refractivity contribution is 7.71. The van der Waals surface area contributed by atoms with Gasteiger partial charge < -0.3 is 0 Å². The molecule has 0 aliphatic rings. The average molecular weight is 431 g/mol. The van der Waals surface area contributed by atoms with Crippen molar-refractivity contribution < 1.29 is 13.2 Å². The summed E-state index contributed by atoms with van der Waals surface area (Å²) in [5.41, 5.74) is 0.537. The Kier molecular flexibility index (Phi) is 4.61. The number of aromatic nitrogens is 5. The van der Waals surface area contributed by atoms with Crippen molar-refractivity contribution in [3.8, 4) is 16.9 Å². The fourth-order valence-corrected chi connectivity index (χ4v) is 3.63. The van der Waals surface area contributed by atoms with Crippen molar-refractivity contribution in [2.24, 2.45) is 7.05 Å². The minimum atomic E-state index is -4.77. The Morgan fingerprint density at radius 3 is 2.57 bits per heavy atom. The maximum absolute atomic E-state index is 13.9. The topological polar surface area (TPSA) is 68.5 Å². The Morgan fingerprint density at radius 2 is 1.93 bits per heavy atom. The zero-order valence-corrected chi connectivity index (χ0v) is 17.0. The molecule has 1 N–H and O–H groups in total. The first-order valence-electron chi connectivity index (χ1n) is 8.91. The van der Waals surface area contributed by atoms with Gasteiger partial charge in [0.25, 0.3) is 5.56 Å². The predicted octanol–water partition coefficient (Wildman–Crippen LogP) is 4.48. The molecule has 0 fully saturated rings. The lowest BCUT2D eigenvalue weighted by atomic mass is 10.1. The van der Waals surface area contributed by atoms with Gasteiger partial charge in [0, 0.05) is 18.8 Å². The fourth-order valence-electron chi connectivity index (χ4n) is 3.36. The van der Waals surface area contributed by atoms with Crippen molar-refractivity contribution in [1.29, 1.82) is 0 Å². The van der Waals surface area contributed by atoms with Crippen LogP contribution in [0.1, 0.15) is 16.7 Å². The lowest BCUT2D eigenvalue weighted by Gasteiger charge is -2.17. The number of aromatic amines is 1. The Morgan fingerprint density at radius 1 is 1.20 bits per heavy atom. The summed E-state index contributed by atoms with van der Waals surface area (Å²) in [5.74, 6) is 0. The van der Waals surface area contributed by atoms with Gasteiger partial charge in [0.2, 0.25) is 0 Å². The molecule has 1 aromatic carbocycles. The number of alkyl halides is 3. The molecule has 0 saturated heterocycles. The number of rotatable bonds is 2. The molecule has 0 bridgehead atoms. The van der Waals surface area contributed by atoms with E-state index in [1.807, 2.05) is 19.9 Å². The first-order valence-corrected chi connectivity index (χ1v) is 9.31. The van der Waals surface area contributed by atoms with E-state index in [1.54, 1.807) is 25.4 Å². The minimum Gasteiger partial charge on any atom is -0.298 e. The maximum atomic E-state index is 13.9. The van der Waals surface area contributed by atoms with Crippen molar-refractivity contribution in [2.45, 2.75) is 20.0 Å². The van der Waals surface area contributed by atoms with E-state index in [2.05, 4.69) is 15.1 Å². The number of H-pyrrole nitrogens is 1. The summed E-state index contributed by atoms with van der Waals surface area (Å²) in [6, 6.07) is 6.24. The van der Waals surface area contributed by atoms with Gasteiger partial charge in [-0.05, 0) is 49.3 Å². The predicted molar refractivity (Wildman–Crippen MR) is 109 cm³/mol. The Hall–Kier alpha value is -3.27. The van der Waals surface area contributed by atoms with Crippen LogP contribution in [0.5, 0.6) is 0 Å². The van der Waals surface area contributed by atoms with E-state index < -0.39 is 22.7 Å².